The molecule has 0 radical (unpaired) electrons. The molecule has 0 fully saturated rings. The van der Waals surface area contributed by atoms with Crippen LogP contribution in [0.2, 0.25) is 0 Å². The maximum Gasteiger partial charge on any atom is 0.303 e. The monoisotopic (exact) mass is 276 g/mol. The van der Waals surface area contributed by atoms with Crippen molar-refractivity contribution in [2.24, 2.45) is 0 Å². The minimum atomic E-state index is -0.853. The molecular weight excluding hydrogens is 256 g/mol. The van der Waals surface area contributed by atoms with Crippen LogP contribution in [0.1, 0.15) is 42.6 Å². The highest BCUT2D eigenvalue weighted by molar-refractivity contribution is 5.96. The Morgan fingerprint density at radius 3 is 2.85 bits per heavy atom. The standard InChI is InChI=1S/C15H20N2O3/c1-15(2,7-5-13(18)19)17-14(20)11-4-3-10-6-8-16-12(10)9-11/h3-4,9,16H,5-8H2,1-2H3,(H,17,20)(H,18,19). The molecule has 0 spiro atoms. The lowest BCUT2D eigenvalue weighted by Crippen LogP contribution is -2.43. The number of anilines is 1. The zero-order chi connectivity index (χ0) is 14.8. The zero-order valence-corrected chi connectivity index (χ0v) is 11.8. The SMILES string of the molecule is CC(C)(CCC(=O)O)NC(=O)c1ccc2c(c1)NCC2. The van der Waals surface area contributed by atoms with Crippen LogP contribution in [-0.2, 0) is 11.2 Å². The Labute approximate surface area is 118 Å². The summed E-state index contributed by atoms with van der Waals surface area (Å²) in [5.74, 6) is -1.02. The van der Waals surface area contributed by atoms with Gasteiger partial charge in [-0.15, -0.1) is 0 Å². The fourth-order valence-corrected chi connectivity index (χ4v) is 2.29. The van der Waals surface area contributed by atoms with Gasteiger partial charge in [0.25, 0.3) is 5.91 Å². The van der Waals surface area contributed by atoms with Crippen molar-refractivity contribution in [3.63, 3.8) is 0 Å². The number of carboxylic acid groups (broad SMARTS) is 1. The number of carbonyl (C=O) groups excluding carboxylic acids is 1. The van der Waals surface area contributed by atoms with E-state index in [1.54, 1.807) is 0 Å². The molecule has 1 aromatic carbocycles. The van der Waals surface area contributed by atoms with E-state index in [0.717, 1.165) is 18.7 Å². The van der Waals surface area contributed by atoms with Crippen LogP contribution in [-0.4, -0.2) is 29.1 Å². The lowest BCUT2D eigenvalue weighted by molar-refractivity contribution is -0.137. The first-order chi connectivity index (χ1) is 9.37. The second-order valence-electron chi connectivity index (χ2n) is 5.78. The minimum absolute atomic E-state index is 0.0407. The molecule has 2 rings (SSSR count). The second kappa shape index (κ2) is 5.53. The lowest BCUT2D eigenvalue weighted by Gasteiger charge is -2.25. The summed E-state index contributed by atoms with van der Waals surface area (Å²) in [6.45, 7) is 4.57. The van der Waals surface area contributed by atoms with E-state index in [1.807, 2.05) is 32.0 Å². The van der Waals surface area contributed by atoms with Crippen LogP contribution in [0.15, 0.2) is 18.2 Å². The number of fused-ring (bicyclic) bond motifs is 1. The number of aliphatic carboxylic acids is 1. The Kier molecular flexibility index (Phi) is 3.97. The third-order valence-corrected chi connectivity index (χ3v) is 3.50. The largest absolute Gasteiger partial charge is 0.481 e. The molecule has 0 aliphatic carbocycles. The highest BCUT2D eigenvalue weighted by atomic mass is 16.4. The van der Waals surface area contributed by atoms with Gasteiger partial charge >= 0.3 is 5.97 Å². The summed E-state index contributed by atoms with van der Waals surface area (Å²) in [5.41, 5.74) is 2.30. The first kappa shape index (κ1) is 14.4. The van der Waals surface area contributed by atoms with Crippen molar-refractivity contribution in [3.05, 3.63) is 29.3 Å². The summed E-state index contributed by atoms with van der Waals surface area (Å²) in [6, 6.07) is 5.63. The third-order valence-electron chi connectivity index (χ3n) is 3.50. The van der Waals surface area contributed by atoms with Gasteiger partial charge in [0.2, 0.25) is 0 Å². The highest BCUT2D eigenvalue weighted by Gasteiger charge is 2.23. The molecule has 0 aromatic heterocycles. The predicted octanol–water partition coefficient (Wildman–Crippen LogP) is 2.03. The number of hydrogen-bond donors (Lipinski definition) is 3. The Morgan fingerprint density at radius 1 is 1.40 bits per heavy atom. The summed E-state index contributed by atoms with van der Waals surface area (Å²) in [4.78, 5) is 22.8. The van der Waals surface area contributed by atoms with E-state index in [4.69, 9.17) is 5.11 Å². The number of hydrogen-bond acceptors (Lipinski definition) is 3. The molecule has 0 saturated carbocycles. The maximum absolute atomic E-state index is 12.2. The first-order valence-electron chi connectivity index (χ1n) is 6.78. The Morgan fingerprint density at radius 2 is 2.15 bits per heavy atom. The van der Waals surface area contributed by atoms with E-state index in [0.29, 0.717) is 12.0 Å². The van der Waals surface area contributed by atoms with Gasteiger partial charge in [0.1, 0.15) is 0 Å². The van der Waals surface area contributed by atoms with Gasteiger partial charge in [0, 0.05) is 29.8 Å². The van der Waals surface area contributed by atoms with Gasteiger partial charge in [-0.25, -0.2) is 0 Å². The Balaban J connectivity index is 2.02. The van der Waals surface area contributed by atoms with Crippen molar-refractivity contribution in [1.29, 1.82) is 0 Å². The van der Waals surface area contributed by atoms with Gasteiger partial charge in [0.05, 0.1) is 0 Å². The van der Waals surface area contributed by atoms with Crippen molar-refractivity contribution < 1.29 is 14.7 Å². The molecule has 0 saturated heterocycles. The summed E-state index contributed by atoms with van der Waals surface area (Å²) >= 11 is 0. The molecule has 5 heteroatoms. The molecule has 0 bridgehead atoms. The third kappa shape index (κ3) is 3.50. The molecule has 1 heterocycles. The smallest absolute Gasteiger partial charge is 0.303 e. The van der Waals surface area contributed by atoms with Gasteiger partial charge in [-0.05, 0) is 44.4 Å². The number of nitrogens with one attached hydrogen (secondary N) is 2. The van der Waals surface area contributed by atoms with Gasteiger partial charge in [-0.3, -0.25) is 9.59 Å². The lowest BCUT2D eigenvalue weighted by atomic mass is 9.97. The van der Waals surface area contributed by atoms with Crippen molar-refractivity contribution in [2.75, 3.05) is 11.9 Å². The van der Waals surface area contributed by atoms with Gasteiger partial charge in [-0.2, -0.15) is 0 Å². The molecule has 3 N–H and O–H groups in total. The van der Waals surface area contributed by atoms with Crippen molar-refractivity contribution in [2.45, 2.75) is 38.6 Å². The maximum atomic E-state index is 12.2. The normalized spacial score (nSPS) is 13.5. The van der Waals surface area contributed by atoms with Crippen LogP contribution in [0, 0.1) is 0 Å². The van der Waals surface area contributed by atoms with E-state index in [2.05, 4.69) is 10.6 Å². The summed E-state index contributed by atoms with van der Waals surface area (Å²) in [7, 11) is 0. The number of amides is 1. The van der Waals surface area contributed by atoms with Crippen molar-refractivity contribution >= 4 is 17.6 Å². The number of carbonyl (C=O) groups is 2. The zero-order valence-electron chi connectivity index (χ0n) is 11.8. The molecule has 1 aliphatic rings. The Hall–Kier alpha value is -2.04. The number of benzene rings is 1. The summed E-state index contributed by atoms with van der Waals surface area (Å²) in [5, 5.41) is 14.8. The molecule has 1 aliphatic heterocycles. The van der Waals surface area contributed by atoms with E-state index in [-0.39, 0.29) is 12.3 Å². The first-order valence-corrected chi connectivity index (χ1v) is 6.78. The van der Waals surface area contributed by atoms with Gasteiger partial charge in [0.15, 0.2) is 0 Å². The number of rotatable bonds is 5. The second-order valence-corrected chi connectivity index (χ2v) is 5.78. The Bertz CT molecular complexity index is 538. The van der Waals surface area contributed by atoms with Gasteiger partial charge in [-0.1, -0.05) is 6.07 Å². The highest BCUT2D eigenvalue weighted by Crippen LogP contribution is 2.23. The molecule has 0 unspecified atom stereocenters. The van der Waals surface area contributed by atoms with Crippen LogP contribution in [0.5, 0.6) is 0 Å². The van der Waals surface area contributed by atoms with E-state index in [9.17, 15) is 9.59 Å². The predicted molar refractivity (Wildman–Crippen MR) is 77.1 cm³/mol. The van der Waals surface area contributed by atoms with Crippen molar-refractivity contribution in [3.8, 4) is 0 Å². The number of carboxylic acids is 1. The minimum Gasteiger partial charge on any atom is -0.481 e. The van der Waals surface area contributed by atoms with E-state index >= 15 is 0 Å². The summed E-state index contributed by atoms with van der Waals surface area (Å²) < 4.78 is 0. The van der Waals surface area contributed by atoms with Gasteiger partial charge < -0.3 is 15.7 Å². The molecule has 5 nitrogen and oxygen atoms in total. The van der Waals surface area contributed by atoms with E-state index in [1.165, 1.54) is 5.56 Å². The molecule has 108 valence electrons. The topological polar surface area (TPSA) is 78.4 Å². The average Bonchev–Trinajstić information content (AvgIpc) is 2.83. The molecular formula is C15H20N2O3. The van der Waals surface area contributed by atoms with Crippen LogP contribution >= 0.6 is 0 Å². The van der Waals surface area contributed by atoms with Crippen LogP contribution in [0.4, 0.5) is 5.69 Å². The van der Waals surface area contributed by atoms with Crippen molar-refractivity contribution in [1.82, 2.24) is 5.32 Å². The van der Waals surface area contributed by atoms with Crippen LogP contribution in [0.3, 0.4) is 0 Å². The molecule has 1 aromatic rings. The van der Waals surface area contributed by atoms with Crippen LogP contribution in [0.25, 0.3) is 0 Å². The average molecular weight is 276 g/mol. The fourth-order valence-electron chi connectivity index (χ4n) is 2.29. The van der Waals surface area contributed by atoms with E-state index < -0.39 is 11.5 Å². The quantitative estimate of drug-likeness (QED) is 0.769. The molecule has 1 amide bonds. The molecule has 0 atom stereocenters. The van der Waals surface area contributed by atoms with Crippen LogP contribution < -0.4 is 10.6 Å². The summed E-state index contributed by atoms with van der Waals surface area (Å²) in [6.07, 6.45) is 1.43. The fraction of sp³-hybridized carbons (Fsp3) is 0.467. The molecule has 20 heavy (non-hydrogen) atoms.